The second-order valence-corrected chi connectivity index (χ2v) is 9.17. The molecule has 2 aromatic rings. The molecule has 0 radical (unpaired) electrons. The topological polar surface area (TPSA) is 111 Å². The Morgan fingerprint density at radius 1 is 0.938 bits per heavy atom. The molecule has 0 saturated heterocycles. The fourth-order valence-corrected chi connectivity index (χ4v) is 4.54. The van der Waals surface area contributed by atoms with Gasteiger partial charge in [0.25, 0.3) is 0 Å². The number of sulfonamides is 1. The highest BCUT2D eigenvalue weighted by molar-refractivity contribution is 7.92. The van der Waals surface area contributed by atoms with E-state index < -0.39 is 27.9 Å². The van der Waals surface area contributed by atoms with Crippen molar-refractivity contribution in [2.75, 3.05) is 37.2 Å². The third-order valence-electron chi connectivity index (χ3n) is 4.74. The molecular formula is C22H28N2O7S. The summed E-state index contributed by atoms with van der Waals surface area (Å²) < 4.78 is 41.5. The van der Waals surface area contributed by atoms with Crippen LogP contribution in [0.3, 0.4) is 0 Å². The van der Waals surface area contributed by atoms with Gasteiger partial charge in [-0.05, 0) is 44.0 Å². The van der Waals surface area contributed by atoms with Crippen molar-refractivity contribution in [1.82, 2.24) is 0 Å². The average Bonchev–Trinajstić information content (AvgIpc) is 2.70. The lowest BCUT2D eigenvalue weighted by Gasteiger charge is -2.29. The Bertz CT molecular complexity index is 1110. The molecule has 1 atom stereocenters. The number of hydrogen-bond acceptors (Lipinski definition) is 7. The molecular weight excluding hydrogens is 436 g/mol. The number of methoxy groups -OCH3 is 3. The van der Waals surface area contributed by atoms with Gasteiger partial charge in [-0.25, -0.2) is 13.2 Å². The maximum Gasteiger partial charge on any atom is 0.340 e. The molecule has 2 aromatic carbocycles. The predicted molar refractivity (Wildman–Crippen MR) is 122 cm³/mol. The molecule has 1 amide bonds. The lowest BCUT2D eigenvalue weighted by molar-refractivity contribution is -0.116. The average molecular weight is 465 g/mol. The number of hydrogen-bond donors (Lipinski definition) is 1. The van der Waals surface area contributed by atoms with Gasteiger partial charge in [-0.2, -0.15) is 0 Å². The van der Waals surface area contributed by atoms with E-state index in [-0.39, 0.29) is 22.7 Å². The number of carbonyl (C=O) groups excluding carboxylic acids is 2. The number of nitrogens with one attached hydrogen (secondary N) is 1. The minimum Gasteiger partial charge on any atom is -0.493 e. The van der Waals surface area contributed by atoms with Gasteiger partial charge >= 0.3 is 5.97 Å². The highest BCUT2D eigenvalue weighted by Gasteiger charge is 2.30. The van der Waals surface area contributed by atoms with Crippen LogP contribution in [0.15, 0.2) is 30.3 Å². The maximum atomic E-state index is 13.1. The number of esters is 1. The van der Waals surface area contributed by atoms with E-state index >= 15 is 0 Å². The molecule has 0 saturated carbocycles. The van der Waals surface area contributed by atoms with Crippen molar-refractivity contribution in [2.45, 2.75) is 26.8 Å². The van der Waals surface area contributed by atoms with E-state index in [9.17, 15) is 18.0 Å². The van der Waals surface area contributed by atoms with Gasteiger partial charge in [-0.3, -0.25) is 9.10 Å². The molecule has 0 aliphatic carbocycles. The summed E-state index contributed by atoms with van der Waals surface area (Å²) in [5, 5.41) is 2.62. The fourth-order valence-electron chi connectivity index (χ4n) is 3.39. The minimum absolute atomic E-state index is 0.0306. The van der Waals surface area contributed by atoms with Crippen molar-refractivity contribution in [3.05, 3.63) is 47.0 Å². The first kappa shape index (κ1) is 25.0. The van der Waals surface area contributed by atoms with Crippen LogP contribution >= 0.6 is 0 Å². The van der Waals surface area contributed by atoms with Crippen molar-refractivity contribution >= 4 is 33.3 Å². The summed E-state index contributed by atoms with van der Waals surface area (Å²) in [5.41, 5.74) is 2.21. The molecule has 0 aliphatic rings. The standard InChI is InChI=1S/C22H28N2O7S/c1-13-8-14(2)10-16(9-13)24(32(7,27)28)15(3)21(25)23-18-12-20(30-5)19(29-4)11-17(18)22(26)31-6/h8-12,15H,1-7H3,(H,23,25)/t15-/m0/s1. The Kier molecular flexibility index (Phi) is 7.73. The summed E-state index contributed by atoms with van der Waals surface area (Å²) in [6.45, 7) is 5.15. The molecule has 0 aromatic heterocycles. The maximum absolute atomic E-state index is 13.1. The number of amides is 1. The Morgan fingerprint density at radius 3 is 1.94 bits per heavy atom. The van der Waals surface area contributed by atoms with Gasteiger partial charge in [0.2, 0.25) is 15.9 Å². The molecule has 0 bridgehead atoms. The van der Waals surface area contributed by atoms with Gasteiger partial charge in [0.15, 0.2) is 11.5 Å². The van der Waals surface area contributed by atoms with Gasteiger partial charge in [0, 0.05) is 12.1 Å². The summed E-state index contributed by atoms with van der Waals surface area (Å²) in [6, 6.07) is 6.95. The first-order chi connectivity index (χ1) is 14.9. The Balaban J connectivity index is 2.50. The summed E-state index contributed by atoms with van der Waals surface area (Å²) in [5.74, 6) is -0.806. The van der Waals surface area contributed by atoms with Gasteiger partial charge in [-0.1, -0.05) is 6.07 Å². The number of carbonyl (C=O) groups is 2. The highest BCUT2D eigenvalue weighted by Crippen LogP contribution is 2.34. The van der Waals surface area contributed by atoms with E-state index in [4.69, 9.17) is 14.2 Å². The van der Waals surface area contributed by atoms with Crippen LogP contribution in [-0.2, 0) is 19.6 Å². The summed E-state index contributed by atoms with van der Waals surface area (Å²) in [6.07, 6.45) is 1.03. The smallest absolute Gasteiger partial charge is 0.340 e. The zero-order valence-electron chi connectivity index (χ0n) is 19.2. The summed E-state index contributed by atoms with van der Waals surface area (Å²) >= 11 is 0. The zero-order chi connectivity index (χ0) is 24.2. The SMILES string of the molecule is COC(=O)c1cc(OC)c(OC)cc1NC(=O)[C@H](C)N(c1cc(C)cc(C)c1)S(C)(=O)=O. The first-order valence-electron chi connectivity index (χ1n) is 9.65. The van der Waals surface area contributed by atoms with Crippen molar-refractivity contribution in [1.29, 1.82) is 0 Å². The largest absolute Gasteiger partial charge is 0.493 e. The third kappa shape index (κ3) is 5.50. The summed E-state index contributed by atoms with van der Waals surface area (Å²) in [4.78, 5) is 25.4. The number of nitrogens with zero attached hydrogens (tertiary/aromatic N) is 1. The van der Waals surface area contributed by atoms with Crippen LogP contribution in [0, 0.1) is 13.8 Å². The van der Waals surface area contributed by atoms with E-state index in [1.54, 1.807) is 12.1 Å². The van der Waals surface area contributed by atoms with E-state index in [1.165, 1.54) is 40.4 Å². The predicted octanol–water partition coefficient (Wildman–Crippen LogP) is 2.90. The van der Waals surface area contributed by atoms with Crippen LogP contribution in [0.2, 0.25) is 0 Å². The van der Waals surface area contributed by atoms with Gasteiger partial charge in [0.1, 0.15) is 6.04 Å². The van der Waals surface area contributed by atoms with Gasteiger partial charge in [0.05, 0.1) is 44.5 Å². The fraction of sp³-hybridized carbons (Fsp3) is 0.364. The molecule has 0 fully saturated rings. The molecule has 32 heavy (non-hydrogen) atoms. The number of anilines is 2. The van der Waals surface area contributed by atoms with Gasteiger partial charge < -0.3 is 19.5 Å². The van der Waals surface area contributed by atoms with Crippen molar-refractivity contribution < 1.29 is 32.2 Å². The van der Waals surface area contributed by atoms with Crippen molar-refractivity contribution in [3.63, 3.8) is 0 Å². The van der Waals surface area contributed by atoms with Crippen LogP contribution in [-0.4, -0.2) is 53.9 Å². The second-order valence-electron chi connectivity index (χ2n) is 7.31. The van der Waals surface area contributed by atoms with E-state index in [2.05, 4.69) is 5.32 Å². The first-order valence-corrected chi connectivity index (χ1v) is 11.5. The van der Waals surface area contributed by atoms with Crippen LogP contribution in [0.4, 0.5) is 11.4 Å². The zero-order valence-corrected chi connectivity index (χ0v) is 20.0. The van der Waals surface area contributed by atoms with Crippen LogP contribution in [0.5, 0.6) is 11.5 Å². The number of aryl methyl sites for hydroxylation is 2. The third-order valence-corrected chi connectivity index (χ3v) is 5.98. The lowest BCUT2D eigenvalue weighted by Crippen LogP contribution is -2.45. The van der Waals surface area contributed by atoms with Gasteiger partial charge in [-0.15, -0.1) is 0 Å². The number of benzene rings is 2. The second kappa shape index (κ2) is 9.90. The van der Waals surface area contributed by atoms with Crippen LogP contribution < -0.4 is 19.1 Å². The lowest BCUT2D eigenvalue weighted by atomic mass is 10.1. The van der Waals surface area contributed by atoms with E-state index in [0.29, 0.717) is 5.69 Å². The van der Waals surface area contributed by atoms with Crippen LogP contribution in [0.25, 0.3) is 0 Å². The minimum atomic E-state index is -3.81. The molecule has 0 heterocycles. The Labute approximate surface area is 188 Å². The molecule has 0 unspecified atom stereocenters. The van der Waals surface area contributed by atoms with Crippen LogP contribution in [0.1, 0.15) is 28.4 Å². The summed E-state index contributed by atoms with van der Waals surface area (Å²) in [7, 11) is 0.222. The molecule has 10 heteroatoms. The highest BCUT2D eigenvalue weighted by atomic mass is 32.2. The number of rotatable bonds is 8. The quantitative estimate of drug-likeness (QED) is 0.598. The molecule has 1 N–H and O–H groups in total. The Morgan fingerprint density at radius 2 is 1.47 bits per heavy atom. The van der Waals surface area contributed by atoms with E-state index in [1.807, 2.05) is 19.9 Å². The molecule has 2 rings (SSSR count). The Hall–Kier alpha value is -3.27. The molecule has 0 aliphatic heterocycles. The van der Waals surface area contributed by atoms with Crippen molar-refractivity contribution in [3.8, 4) is 11.5 Å². The molecule has 0 spiro atoms. The normalized spacial score (nSPS) is 12.0. The molecule has 174 valence electrons. The number of ether oxygens (including phenoxy) is 3. The monoisotopic (exact) mass is 464 g/mol. The molecule has 9 nitrogen and oxygen atoms in total. The van der Waals surface area contributed by atoms with Crippen molar-refractivity contribution in [2.24, 2.45) is 0 Å². The van der Waals surface area contributed by atoms with E-state index in [0.717, 1.165) is 21.7 Å².